The van der Waals surface area contributed by atoms with E-state index in [2.05, 4.69) is 9.73 Å². The lowest BCUT2D eigenvalue weighted by atomic mass is 10.1. The maximum Gasteiger partial charge on any atom is 0.573 e. The summed E-state index contributed by atoms with van der Waals surface area (Å²) in [5.41, 5.74) is 2.27. The number of aryl methyl sites for hydroxylation is 1. The highest BCUT2D eigenvalue weighted by molar-refractivity contribution is 8.16. The van der Waals surface area contributed by atoms with Crippen molar-refractivity contribution in [2.24, 2.45) is 4.99 Å². The van der Waals surface area contributed by atoms with Crippen molar-refractivity contribution in [3.63, 3.8) is 0 Å². The minimum absolute atomic E-state index is 0.0425. The lowest BCUT2D eigenvalue weighted by Crippen LogP contribution is -2.37. The number of halogens is 3. The fraction of sp³-hybridized carbons (Fsp3) is 0.333. The molecule has 2 aromatic carbocycles. The SMILES string of the molecule is Cc1cccc(CC(=O)N=C2S[C@@H]3CS(=O)(=O)C[C@H]3N2c2ccc(OC(F)(F)F)cc2)c1. The Bertz CT molecular complexity index is 1160. The molecule has 11 heteroatoms. The van der Waals surface area contributed by atoms with Gasteiger partial charge in [0.15, 0.2) is 15.0 Å². The first-order valence-electron chi connectivity index (χ1n) is 9.68. The molecule has 1 amide bonds. The van der Waals surface area contributed by atoms with E-state index in [-0.39, 0.29) is 29.1 Å². The van der Waals surface area contributed by atoms with Crippen LogP contribution in [0.4, 0.5) is 18.9 Å². The molecule has 0 radical (unpaired) electrons. The van der Waals surface area contributed by atoms with Gasteiger partial charge in [-0.3, -0.25) is 4.79 Å². The summed E-state index contributed by atoms with van der Waals surface area (Å²) in [6, 6.07) is 12.1. The third-order valence-corrected chi connectivity index (χ3v) is 8.28. The van der Waals surface area contributed by atoms with Crippen molar-refractivity contribution < 1.29 is 31.1 Å². The van der Waals surface area contributed by atoms with Gasteiger partial charge in [0.1, 0.15) is 5.75 Å². The summed E-state index contributed by atoms with van der Waals surface area (Å²) in [6.45, 7) is 1.92. The number of benzene rings is 2. The maximum atomic E-state index is 12.6. The van der Waals surface area contributed by atoms with Crippen LogP contribution < -0.4 is 9.64 Å². The fourth-order valence-electron chi connectivity index (χ4n) is 3.82. The molecule has 0 unspecified atom stereocenters. The van der Waals surface area contributed by atoms with Gasteiger partial charge in [0.05, 0.1) is 24.0 Å². The van der Waals surface area contributed by atoms with Crippen LogP contribution in [-0.2, 0) is 21.1 Å². The number of amides is 1. The van der Waals surface area contributed by atoms with Crippen LogP contribution in [0.5, 0.6) is 5.75 Å². The molecule has 0 saturated carbocycles. The third-order valence-electron chi connectivity index (χ3n) is 5.07. The number of fused-ring (bicyclic) bond motifs is 1. The van der Waals surface area contributed by atoms with Gasteiger partial charge in [-0.05, 0) is 36.8 Å². The fourth-order valence-corrected chi connectivity index (χ4v) is 7.75. The highest BCUT2D eigenvalue weighted by Crippen LogP contribution is 2.41. The van der Waals surface area contributed by atoms with Crippen molar-refractivity contribution in [3.8, 4) is 5.75 Å². The lowest BCUT2D eigenvalue weighted by molar-refractivity contribution is -0.274. The molecule has 2 fully saturated rings. The highest BCUT2D eigenvalue weighted by atomic mass is 32.2. The van der Waals surface area contributed by atoms with Gasteiger partial charge >= 0.3 is 6.36 Å². The van der Waals surface area contributed by atoms with Crippen LogP contribution in [0, 0.1) is 6.92 Å². The second kappa shape index (κ2) is 8.43. The predicted octanol–water partition coefficient (Wildman–Crippen LogP) is 3.74. The summed E-state index contributed by atoms with van der Waals surface area (Å²) >= 11 is 1.21. The van der Waals surface area contributed by atoms with Crippen LogP contribution >= 0.6 is 11.8 Å². The summed E-state index contributed by atoms with van der Waals surface area (Å²) in [4.78, 5) is 18.5. The monoisotopic (exact) mass is 484 g/mol. The van der Waals surface area contributed by atoms with Gasteiger partial charge in [-0.2, -0.15) is 4.99 Å². The van der Waals surface area contributed by atoms with Gasteiger partial charge in [0.25, 0.3) is 5.91 Å². The Labute approximate surface area is 187 Å². The van der Waals surface area contributed by atoms with Crippen molar-refractivity contribution in [1.29, 1.82) is 0 Å². The second-order valence-electron chi connectivity index (χ2n) is 7.67. The second-order valence-corrected chi connectivity index (χ2v) is 11.0. The molecule has 4 rings (SSSR count). The number of ether oxygens (including phenoxy) is 1. The number of aliphatic imine (C=N–C) groups is 1. The minimum Gasteiger partial charge on any atom is -0.406 e. The van der Waals surface area contributed by atoms with E-state index in [9.17, 15) is 26.4 Å². The number of hydrogen-bond donors (Lipinski definition) is 0. The molecule has 2 aromatic rings. The number of anilines is 1. The van der Waals surface area contributed by atoms with E-state index >= 15 is 0 Å². The first kappa shape index (κ1) is 22.7. The Hall–Kier alpha value is -2.53. The normalized spacial score (nSPS) is 23.4. The molecule has 2 aliphatic heterocycles. The average molecular weight is 485 g/mol. The van der Waals surface area contributed by atoms with Gasteiger partial charge in [-0.1, -0.05) is 41.6 Å². The molecule has 2 heterocycles. The van der Waals surface area contributed by atoms with Crippen LogP contribution in [-0.4, -0.2) is 48.7 Å². The molecule has 2 atom stereocenters. The van der Waals surface area contributed by atoms with E-state index in [1.807, 2.05) is 31.2 Å². The maximum absolute atomic E-state index is 12.6. The summed E-state index contributed by atoms with van der Waals surface area (Å²) in [5.74, 6) is -0.934. The van der Waals surface area contributed by atoms with Gasteiger partial charge < -0.3 is 9.64 Å². The van der Waals surface area contributed by atoms with E-state index in [4.69, 9.17) is 0 Å². The van der Waals surface area contributed by atoms with Crippen LogP contribution in [0.15, 0.2) is 53.5 Å². The Kier molecular flexibility index (Phi) is 5.97. The zero-order valence-electron chi connectivity index (χ0n) is 16.9. The molecule has 6 nitrogen and oxygen atoms in total. The molecule has 0 aromatic heterocycles. The summed E-state index contributed by atoms with van der Waals surface area (Å²) in [6.07, 6.45) is -4.73. The van der Waals surface area contributed by atoms with Crippen LogP contribution in [0.25, 0.3) is 0 Å². The van der Waals surface area contributed by atoms with Crippen molar-refractivity contribution >= 4 is 38.4 Å². The highest BCUT2D eigenvalue weighted by Gasteiger charge is 2.49. The van der Waals surface area contributed by atoms with Crippen molar-refractivity contribution in [1.82, 2.24) is 0 Å². The molecular formula is C21H19F3N2O4S2. The van der Waals surface area contributed by atoms with Gasteiger partial charge in [-0.15, -0.1) is 13.2 Å². The largest absolute Gasteiger partial charge is 0.573 e. The molecule has 0 spiro atoms. The lowest BCUT2D eigenvalue weighted by Gasteiger charge is -2.24. The Morgan fingerprint density at radius 3 is 2.56 bits per heavy atom. The predicted molar refractivity (Wildman–Crippen MR) is 117 cm³/mol. The first-order chi connectivity index (χ1) is 15.0. The number of sulfone groups is 1. The quantitative estimate of drug-likeness (QED) is 0.658. The number of amidine groups is 1. The van der Waals surface area contributed by atoms with Crippen molar-refractivity contribution in [2.45, 2.75) is 31.0 Å². The summed E-state index contributed by atoms with van der Waals surface area (Å²) in [5, 5.41) is 0.0358. The van der Waals surface area contributed by atoms with Crippen molar-refractivity contribution in [2.75, 3.05) is 16.4 Å². The minimum atomic E-state index is -4.82. The molecule has 2 saturated heterocycles. The number of rotatable bonds is 4. The van der Waals surface area contributed by atoms with Gasteiger partial charge in [0, 0.05) is 10.9 Å². The number of thioether (sulfide) groups is 1. The smallest absolute Gasteiger partial charge is 0.406 e. The van der Waals surface area contributed by atoms with E-state index in [1.54, 1.807) is 4.90 Å². The number of alkyl halides is 3. The molecular weight excluding hydrogens is 465 g/mol. The molecule has 2 aliphatic rings. The Morgan fingerprint density at radius 1 is 1.19 bits per heavy atom. The number of hydrogen-bond acceptors (Lipinski definition) is 5. The molecule has 0 bridgehead atoms. The Balaban J connectivity index is 1.61. The van der Waals surface area contributed by atoms with Gasteiger partial charge in [0.2, 0.25) is 0 Å². The van der Waals surface area contributed by atoms with E-state index < -0.39 is 28.0 Å². The molecule has 0 aliphatic carbocycles. The first-order valence-corrected chi connectivity index (χ1v) is 12.4. The zero-order chi connectivity index (χ0) is 23.1. The standard InChI is InChI=1S/C21H19F3N2O4S2/c1-13-3-2-4-14(9-13)10-19(27)25-20-26(17-11-32(28,29)12-18(17)31-20)15-5-7-16(8-6-15)30-21(22,23)24/h2-9,17-18H,10-12H2,1H3/t17-,18-/m1/s1. The Morgan fingerprint density at radius 2 is 1.91 bits per heavy atom. The summed E-state index contributed by atoms with van der Waals surface area (Å²) < 4.78 is 65.5. The van der Waals surface area contributed by atoms with Crippen molar-refractivity contribution in [3.05, 3.63) is 59.7 Å². The van der Waals surface area contributed by atoms with Crippen LogP contribution in [0.1, 0.15) is 11.1 Å². The van der Waals surface area contributed by atoms with Crippen LogP contribution in [0.3, 0.4) is 0 Å². The van der Waals surface area contributed by atoms with Gasteiger partial charge in [-0.25, -0.2) is 8.42 Å². The topological polar surface area (TPSA) is 76.0 Å². The molecule has 0 N–H and O–H groups in total. The zero-order valence-corrected chi connectivity index (χ0v) is 18.5. The van der Waals surface area contributed by atoms with E-state index in [1.165, 1.54) is 23.9 Å². The van der Waals surface area contributed by atoms with Crippen LogP contribution in [0.2, 0.25) is 0 Å². The number of carbonyl (C=O) groups excluding carboxylic acids is 1. The number of carbonyl (C=O) groups is 1. The molecule has 170 valence electrons. The summed E-state index contributed by atoms with van der Waals surface area (Å²) in [7, 11) is -3.26. The van der Waals surface area contributed by atoms with E-state index in [0.717, 1.165) is 23.3 Å². The average Bonchev–Trinajstić information content (AvgIpc) is 3.12. The number of nitrogens with zero attached hydrogens (tertiary/aromatic N) is 2. The molecule has 32 heavy (non-hydrogen) atoms. The van der Waals surface area contributed by atoms with E-state index in [0.29, 0.717) is 10.9 Å². The third kappa shape index (κ3) is 5.26.